The predicted molar refractivity (Wildman–Crippen MR) is 53.2 cm³/mol. The molecule has 0 N–H and O–H groups in total. The molecule has 0 aliphatic heterocycles. The van der Waals surface area contributed by atoms with Crippen molar-refractivity contribution >= 4 is 6.08 Å². The number of carbonyl (C=O) groups excluding carboxylic acids is 1. The van der Waals surface area contributed by atoms with E-state index in [1.807, 2.05) is 6.07 Å². The van der Waals surface area contributed by atoms with Gasteiger partial charge in [-0.3, -0.25) is 0 Å². The molecule has 1 saturated carbocycles. The van der Waals surface area contributed by atoms with Gasteiger partial charge in [0, 0.05) is 6.08 Å². The first-order valence-corrected chi connectivity index (χ1v) is 4.72. The summed E-state index contributed by atoms with van der Waals surface area (Å²) in [5, 5.41) is 8.57. The second-order valence-corrected chi connectivity index (χ2v) is 4.56. The number of allylic oxidation sites excluding steroid dienone is 1. The standard InChI is InChI=1S/C11H14N2O/c1-11(2)6-9(3-4-12)5-10(7-11)13-8-14/h3,10H,5-7H2,1-2H3/b9-3-. The summed E-state index contributed by atoms with van der Waals surface area (Å²) in [6, 6.07) is 2.05. The van der Waals surface area contributed by atoms with E-state index in [1.54, 1.807) is 12.2 Å². The molecule has 1 fully saturated rings. The van der Waals surface area contributed by atoms with Crippen molar-refractivity contribution in [3.8, 4) is 6.07 Å². The van der Waals surface area contributed by atoms with Gasteiger partial charge in [-0.05, 0) is 24.7 Å². The third-order valence-corrected chi connectivity index (χ3v) is 2.50. The van der Waals surface area contributed by atoms with Crippen LogP contribution in [0.1, 0.15) is 33.1 Å². The van der Waals surface area contributed by atoms with Crippen LogP contribution in [0.15, 0.2) is 16.6 Å². The molecule has 0 spiro atoms. The molecule has 0 saturated heterocycles. The van der Waals surface area contributed by atoms with Gasteiger partial charge in [-0.2, -0.15) is 5.26 Å². The SMILES string of the molecule is CC1(C)C/C(=C\C#N)CC(N=C=O)C1. The molecule has 1 aliphatic rings. The average molecular weight is 190 g/mol. The molecule has 1 unspecified atom stereocenters. The monoisotopic (exact) mass is 190 g/mol. The van der Waals surface area contributed by atoms with Crippen molar-refractivity contribution in [2.45, 2.75) is 39.2 Å². The van der Waals surface area contributed by atoms with Crippen LogP contribution in [-0.2, 0) is 4.79 Å². The van der Waals surface area contributed by atoms with Crippen LogP contribution in [0.4, 0.5) is 0 Å². The fourth-order valence-electron chi connectivity index (χ4n) is 2.14. The van der Waals surface area contributed by atoms with E-state index in [0.717, 1.165) is 24.8 Å². The number of aliphatic imine (C=N–C) groups is 1. The van der Waals surface area contributed by atoms with Crippen molar-refractivity contribution in [3.05, 3.63) is 11.6 Å². The van der Waals surface area contributed by atoms with Crippen LogP contribution >= 0.6 is 0 Å². The molecule has 0 aromatic heterocycles. The van der Waals surface area contributed by atoms with Crippen molar-refractivity contribution in [3.63, 3.8) is 0 Å². The summed E-state index contributed by atoms with van der Waals surface area (Å²) >= 11 is 0. The molecule has 0 aromatic carbocycles. The van der Waals surface area contributed by atoms with E-state index in [0.29, 0.717) is 0 Å². The fraction of sp³-hybridized carbons (Fsp3) is 0.636. The lowest BCUT2D eigenvalue weighted by molar-refractivity contribution is 0.265. The molecule has 0 radical (unpaired) electrons. The van der Waals surface area contributed by atoms with Crippen LogP contribution in [0.5, 0.6) is 0 Å². The summed E-state index contributed by atoms with van der Waals surface area (Å²) in [5.41, 5.74) is 1.22. The van der Waals surface area contributed by atoms with Crippen LogP contribution in [0.25, 0.3) is 0 Å². The molecule has 3 heteroatoms. The van der Waals surface area contributed by atoms with Crippen LogP contribution in [0.3, 0.4) is 0 Å². The molecule has 0 aromatic rings. The van der Waals surface area contributed by atoms with E-state index < -0.39 is 0 Å². The summed E-state index contributed by atoms with van der Waals surface area (Å²) in [7, 11) is 0. The Kier molecular flexibility index (Phi) is 3.22. The topological polar surface area (TPSA) is 53.2 Å². The zero-order valence-corrected chi connectivity index (χ0v) is 8.58. The van der Waals surface area contributed by atoms with Gasteiger partial charge >= 0.3 is 0 Å². The molecular weight excluding hydrogens is 176 g/mol. The van der Waals surface area contributed by atoms with Gasteiger partial charge in [0.15, 0.2) is 0 Å². The van der Waals surface area contributed by atoms with Crippen molar-refractivity contribution in [1.29, 1.82) is 5.26 Å². The Morgan fingerprint density at radius 2 is 2.36 bits per heavy atom. The summed E-state index contributed by atoms with van der Waals surface area (Å²) in [5.74, 6) is 0. The zero-order valence-electron chi connectivity index (χ0n) is 8.58. The minimum atomic E-state index is 0.0100. The molecule has 3 nitrogen and oxygen atoms in total. The number of nitriles is 1. The maximum Gasteiger partial charge on any atom is 0.235 e. The number of isocyanates is 1. The number of nitrogens with zero attached hydrogens (tertiary/aromatic N) is 2. The maximum atomic E-state index is 10.2. The summed E-state index contributed by atoms with van der Waals surface area (Å²) in [6.07, 6.45) is 5.72. The zero-order chi connectivity index (χ0) is 10.6. The Morgan fingerprint density at radius 1 is 1.64 bits per heavy atom. The molecular formula is C11H14N2O. The van der Waals surface area contributed by atoms with Gasteiger partial charge in [0.1, 0.15) is 0 Å². The summed E-state index contributed by atoms with van der Waals surface area (Å²) in [6.45, 7) is 4.26. The third-order valence-electron chi connectivity index (χ3n) is 2.50. The van der Waals surface area contributed by atoms with Crippen LogP contribution in [0, 0.1) is 16.7 Å². The lowest BCUT2D eigenvalue weighted by Crippen LogP contribution is -2.26. The van der Waals surface area contributed by atoms with Gasteiger partial charge in [0.25, 0.3) is 0 Å². The smallest absolute Gasteiger partial charge is 0.211 e. The van der Waals surface area contributed by atoms with Crippen molar-refractivity contribution in [2.75, 3.05) is 0 Å². The van der Waals surface area contributed by atoms with Crippen molar-refractivity contribution < 1.29 is 4.79 Å². The quantitative estimate of drug-likeness (QED) is 0.362. The van der Waals surface area contributed by atoms with E-state index in [-0.39, 0.29) is 11.5 Å². The number of rotatable bonds is 1. The van der Waals surface area contributed by atoms with Gasteiger partial charge in [-0.1, -0.05) is 19.4 Å². The highest BCUT2D eigenvalue weighted by Gasteiger charge is 2.30. The molecule has 1 atom stereocenters. The van der Waals surface area contributed by atoms with Gasteiger partial charge in [-0.25, -0.2) is 9.79 Å². The predicted octanol–water partition coefficient (Wildman–Crippen LogP) is 2.35. The normalized spacial score (nSPS) is 27.8. The lowest BCUT2D eigenvalue weighted by Gasteiger charge is -2.34. The van der Waals surface area contributed by atoms with Gasteiger partial charge in [-0.15, -0.1) is 0 Å². The summed E-state index contributed by atoms with van der Waals surface area (Å²) < 4.78 is 0. The lowest BCUT2D eigenvalue weighted by atomic mass is 9.73. The second kappa shape index (κ2) is 4.21. The third kappa shape index (κ3) is 2.83. The van der Waals surface area contributed by atoms with Crippen molar-refractivity contribution in [2.24, 2.45) is 10.4 Å². The number of hydrogen-bond donors (Lipinski definition) is 0. The van der Waals surface area contributed by atoms with Crippen LogP contribution in [-0.4, -0.2) is 12.1 Å². The largest absolute Gasteiger partial charge is 0.235 e. The van der Waals surface area contributed by atoms with Crippen LogP contribution in [0.2, 0.25) is 0 Å². The Morgan fingerprint density at radius 3 is 2.93 bits per heavy atom. The molecule has 0 heterocycles. The van der Waals surface area contributed by atoms with Gasteiger partial charge in [0.2, 0.25) is 6.08 Å². The molecule has 14 heavy (non-hydrogen) atoms. The first-order valence-electron chi connectivity index (χ1n) is 4.72. The Balaban J connectivity index is 2.83. The minimum Gasteiger partial charge on any atom is -0.211 e. The molecule has 1 rings (SSSR count). The highest BCUT2D eigenvalue weighted by atomic mass is 16.1. The highest BCUT2D eigenvalue weighted by molar-refractivity contribution is 5.34. The van der Waals surface area contributed by atoms with Crippen molar-refractivity contribution in [1.82, 2.24) is 0 Å². The first-order chi connectivity index (χ1) is 6.57. The minimum absolute atomic E-state index is 0.0100. The molecule has 0 bridgehead atoms. The Hall–Kier alpha value is -1.39. The Bertz CT molecular complexity index is 330. The van der Waals surface area contributed by atoms with Gasteiger partial charge < -0.3 is 0 Å². The first kappa shape index (κ1) is 10.7. The summed E-state index contributed by atoms with van der Waals surface area (Å²) in [4.78, 5) is 13.9. The van der Waals surface area contributed by atoms with E-state index in [2.05, 4.69) is 18.8 Å². The van der Waals surface area contributed by atoms with E-state index in [9.17, 15) is 4.79 Å². The maximum absolute atomic E-state index is 10.2. The number of hydrogen-bond acceptors (Lipinski definition) is 3. The molecule has 1 aliphatic carbocycles. The molecule has 74 valence electrons. The molecule has 0 amide bonds. The van der Waals surface area contributed by atoms with Gasteiger partial charge in [0.05, 0.1) is 12.1 Å². The highest BCUT2D eigenvalue weighted by Crippen LogP contribution is 2.39. The van der Waals surface area contributed by atoms with Crippen LogP contribution < -0.4 is 0 Å². The van der Waals surface area contributed by atoms with E-state index in [1.165, 1.54) is 0 Å². The average Bonchev–Trinajstić information content (AvgIpc) is 2.01. The van der Waals surface area contributed by atoms with E-state index >= 15 is 0 Å². The fourth-order valence-corrected chi connectivity index (χ4v) is 2.14. The Labute approximate surface area is 84.1 Å². The second-order valence-electron chi connectivity index (χ2n) is 4.56. The van der Waals surface area contributed by atoms with E-state index in [4.69, 9.17) is 5.26 Å².